The number of nitrogens with zero attached hydrogens (tertiary/aromatic N) is 4. The second-order valence-corrected chi connectivity index (χ2v) is 6.23. The molecular weight excluding hydrogens is 332 g/mol. The minimum Gasteiger partial charge on any atom is -0.341 e. The van der Waals surface area contributed by atoms with Gasteiger partial charge in [-0.25, -0.2) is 19.9 Å². The topological polar surface area (TPSA) is 83.1 Å². The first-order valence-corrected chi connectivity index (χ1v) is 8.22. The lowest BCUT2D eigenvalue weighted by atomic mass is 10.2. The van der Waals surface area contributed by atoms with Crippen molar-refractivity contribution in [3.8, 4) is 11.4 Å². The van der Waals surface area contributed by atoms with Crippen molar-refractivity contribution in [1.29, 1.82) is 0 Å². The Labute approximate surface area is 140 Å². The number of aromatic nitrogens is 6. The van der Waals surface area contributed by atoms with Crippen LogP contribution in [0, 0.1) is 0 Å². The van der Waals surface area contributed by atoms with E-state index in [9.17, 15) is 0 Å². The summed E-state index contributed by atoms with van der Waals surface area (Å²) in [5, 5.41) is 1.58. The molecule has 0 saturated carbocycles. The Morgan fingerprint density at radius 2 is 1.91 bits per heavy atom. The summed E-state index contributed by atoms with van der Waals surface area (Å²) in [6.45, 7) is 0. The first-order chi connectivity index (χ1) is 11.3. The highest BCUT2D eigenvalue weighted by molar-refractivity contribution is 7.98. The predicted molar refractivity (Wildman–Crippen MR) is 90.3 cm³/mol. The Balaban J connectivity index is 1.52. The highest BCUT2D eigenvalue weighted by Gasteiger charge is 2.08. The Morgan fingerprint density at radius 1 is 1.04 bits per heavy atom. The Kier molecular flexibility index (Phi) is 3.72. The standard InChI is InChI=1S/C15H11ClN6S/c16-10-3-1-9(2-4-10)13-17-5-11(22-13)6-23-15-12-14(19-7-18-12)20-8-21-15/h1-5,7-8H,6H2,(H,17,22)(H,18,19,20,21). The third kappa shape index (κ3) is 2.93. The molecule has 8 heteroatoms. The van der Waals surface area contributed by atoms with Gasteiger partial charge in [-0.05, 0) is 24.3 Å². The zero-order valence-electron chi connectivity index (χ0n) is 11.8. The molecule has 0 unspecified atom stereocenters. The molecule has 4 rings (SSSR count). The van der Waals surface area contributed by atoms with Gasteiger partial charge in [-0.3, -0.25) is 0 Å². The predicted octanol–water partition coefficient (Wildman–Crippen LogP) is 3.69. The molecule has 0 atom stereocenters. The Morgan fingerprint density at radius 3 is 2.78 bits per heavy atom. The third-order valence-corrected chi connectivity index (χ3v) is 4.59. The Bertz CT molecular complexity index is 946. The molecule has 23 heavy (non-hydrogen) atoms. The van der Waals surface area contributed by atoms with Gasteiger partial charge in [0.2, 0.25) is 0 Å². The molecular formula is C15H11ClN6S. The number of aromatic amines is 2. The second-order valence-electron chi connectivity index (χ2n) is 4.83. The second kappa shape index (κ2) is 6.02. The number of hydrogen-bond donors (Lipinski definition) is 2. The molecule has 6 nitrogen and oxygen atoms in total. The fourth-order valence-electron chi connectivity index (χ4n) is 2.19. The number of halogens is 1. The van der Waals surface area contributed by atoms with Crippen molar-refractivity contribution in [2.24, 2.45) is 0 Å². The molecule has 3 heterocycles. The highest BCUT2D eigenvalue weighted by Crippen LogP contribution is 2.26. The summed E-state index contributed by atoms with van der Waals surface area (Å²) in [6, 6.07) is 7.58. The average molecular weight is 343 g/mol. The molecule has 2 N–H and O–H groups in total. The fourth-order valence-corrected chi connectivity index (χ4v) is 3.17. The maximum absolute atomic E-state index is 5.91. The van der Waals surface area contributed by atoms with Gasteiger partial charge >= 0.3 is 0 Å². The van der Waals surface area contributed by atoms with Gasteiger partial charge in [-0.15, -0.1) is 0 Å². The number of nitrogens with one attached hydrogen (secondary N) is 2. The number of hydrogen-bond acceptors (Lipinski definition) is 5. The van der Waals surface area contributed by atoms with Crippen LogP contribution in [0.25, 0.3) is 22.6 Å². The lowest BCUT2D eigenvalue weighted by Gasteiger charge is -2.00. The van der Waals surface area contributed by atoms with E-state index in [2.05, 4.69) is 29.9 Å². The highest BCUT2D eigenvalue weighted by atomic mass is 35.5. The first kappa shape index (κ1) is 14.2. The molecule has 114 valence electrons. The van der Waals surface area contributed by atoms with Crippen LogP contribution in [0.15, 0.2) is 48.1 Å². The van der Waals surface area contributed by atoms with Crippen molar-refractivity contribution < 1.29 is 0 Å². The van der Waals surface area contributed by atoms with Crippen LogP contribution in [0.3, 0.4) is 0 Å². The van der Waals surface area contributed by atoms with E-state index in [1.807, 2.05) is 30.5 Å². The van der Waals surface area contributed by atoms with Crippen LogP contribution in [0.1, 0.15) is 5.69 Å². The number of rotatable bonds is 4. The molecule has 0 aliphatic carbocycles. The summed E-state index contributed by atoms with van der Waals surface area (Å²) in [5.41, 5.74) is 3.55. The molecule has 0 aliphatic heterocycles. The van der Waals surface area contributed by atoms with Gasteiger partial charge in [-0.1, -0.05) is 23.4 Å². The van der Waals surface area contributed by atoms with E-state index in [0.717, 1.165) is 33.4 Å². The van der Waals surface area contributed by atoms with E-state index in [1.165, 1.54) is 6.33 Å². The van der Waals surface area contributed by atoms with E-state index in [0.29, 0.717) is 10.7 Å². The zero-order valence-corrected chi connectivity index (χ0v) is 13.4. The summed E-state index contributed by atoms with van der Waals surface area (Å²) in [4.78, 5) is 23.3. The van der Waals surface area contributed by atoms with Crippen molar-refractivity contribution in [2.45, 2.75) is 10.8 Å². The molecule has 0 radical (unpaired) electrons. The summed E-state index contributed by atoms with van der Waals surface area (Å²) in [6.07, 6.45) is 4.98. The van der Waals surface area contributed by atoms with Gasteiger partial charge < -0.3 is 9.97 Å². The molecule has 0 spiro atoms. The SMILES string of the molecule is Clc1ccc(-c2ncc(CSc3ncnc4nc[nH]c34)[nH]2)cc1. The first-order valence-electron chi connectivity index (χ1n) is 6.86. The van der Waals surface area contributed by atoms with Crippen LogP contribution in [-0.4, -0.2) is 29.9 Å². The van der Waals surface area contributed by atoms with Crippen LogP contribution in [0.5, 0.6) is 0 Å². The van der Waals surface area contributed by atoms with Gasteiger partial charge in [0.15, 0.2) is 5.65 Å². The van der Waals surface area contributed by atoms with E-state index in [-0.39, 0.29) is 0 Å². The van der Waals surface area contributed by atoms with Crippen molar-refractivity contribution in [1.82, 2.24) is 29.9 Å². The quantitative estimate of drug-likeness (QED) is 0.436. The van der Waals surface area contributed by atoms with Crippen molar-refractivity contribution in [2.75, 3.05) is 0 Å². The number of imidazole rings is 2. The minimum absolute atomic E-state index is 0.675. The number of H-pyrrole nitrogens is 2. The fraction of sp³-hybridized carbons (Fsp3) is 0.0667. The van der Waals surface area contributed by atoms with Crippen LogP contribution in [-0.2, 0) is 5.75 Å². The Hall–Kier alpha value is -2.38. The van der Waals surface area contributed by atoms with Gasteiger partial charge in [0, 0.05) is 28.2 Å². The minimum atomic E-state index is 0.675. The zero-order chi connectivity index (χ0) is 15.6. The molecule has 0 saturated heterocycles. The smallest absolute Gasteiger partial charge is 0.181 e. The van der Waals surface area contributed by atoms with Crippen LogP contribution in [0.4, 0.5) is 0 Å². The van der Waals surface area contributed by atoms with E-state index >= 15 is 0 Å². The lowest BCUT2D eigenvalue weighted by Crippen LogP contribution is -1.88. The molecule has 0 aliphatic rings. The average Bonchev–Trinajstić information content (AvgIpc) is 3.23. The van der Waals surface area contributed by atoms with E-state index in [4.69, 9.17) is 11.6 Å². The third-order valence-electron chi connectivity index (χ3n) is 3.30. The van der Waals surface area contributed by atoms with E-state index in [1.54, 1.807) is 18.1 Å². The number of benzene rings is 1. The van der Waals surface area contributed by atoms with Crippen molar-refractivity contribution in [3.05, 3.63) is 53.8 Å². The summed E-state index contributed by atoms with van der Waals surface area (Å²) >= 11 is 7.51. The van der Waals surface area contributed by atoms with Crippen LogP contribution >= 0.6 is 23.4 Å². The van der Waals surface area contributed by atoms with Gasteiger partial charge in [0.1, 0.15) is 22.7 Å². The summed E-state index contributed by atoms with van der Waals surface area (Å²) < 4.78 is 0. The van der Waals surface area contributed by atoms with Gasteiger partial charge in [0.05, 0.1) is 6.33 Å². The van der Waals surface area contributed by atoms with Crippen LogP contribution < -0.4 is 0 Å². The molecule has 1 aromatic carbocycles. The lowest BCUT2D eigenvalue weighted by molar-refractivity contribution is 1.08. The maximum Gasteiger partial charge on any atom is 0.181 e. The summed E-state index contributed by atoms with van der Waals surface area (Å²) in [5.74, 6) is 1.55. The van der Waals surface area contributed by atoms with Crippen molar-refractivity contribution in [3.63, 3.8) is 0 Å². The molecule has 0 bridgehead atoms. The number of thioether (sulfide) groups is 1. The van der Waals surface area contributed by atoms with Gasteiger partial charge in [-0.2, -0.15) is 0 Å². The summed E-state index contributed by atoms with van der Waals surface area (Å²) in [7, 11) is 0. The van der Waals surface area contributed by atoms with Crippen molar-refractivity contribution >= 4 is 34.5 Å². The number of fused-ring (bicyclic) bond motifs is 1. The molecule has 0 fully saturated rings. The normalized spacial score (nSPS) is 11.2. The van der Waals surface area contributed by atoms with E-state index < -0.39 is 0 Å². The molecule has 3 aromatic heterocycles. The van der Waals surface area contributed by atoms with Crippen LogP contribution in [0.2, 0.25) is 5.02 Å². The maximum atomic E-state index is 5.91. The molecule has 4 aromatic rings. The largest absolute Gasteiger partial charge is 0.341 e. The monoisotopic (exact) mass is 342 g/mol. The molecule has 0 amide bonds. The van der Waals surface area contributed by atoms with Gasteiger partial charge in [0.25, 0.3) is 0 Å².